The van der Waals surface area contributed by atoms with Crippen LogP contribution in [0.3, 0.4) is 0 Å². The zero-order chi connectivity index (χ0) is 21.3. The predicted molar refractivity (Wildman–Crippen MR) is 110 cm³/mol. The van der Waals surface area contributed by atoms with Crippen LogP contribution in [0.15, 0.2) is 24.3 Å². The lowest BCUT2D eigenvalue weighted by Gasteiger charge is -2.18. The highest BCUT2D eigenvalue weighted by Gasteiger charge is 2.27. The molecule has 0 bridgehead atoms. The first-order valence-electron chi connectivity index (χ1n) is 9.55. The summed E-state index contributed by atoms with van der Waals surface area (Å²) in [7, 11) is 1.70. The van der Waals surface area contributed by atoms with Crippen molar-refractivity contribution in [2.45, 2.75) is 33.7 Å². The Bertz CT molecular complexity index is 1000. The molecule has 0 radical (unpaired) electrons. The maximum atomic E-state index is 12.9. The number of phenolic OH excluding ortho intramolecular Hbond substituents is 1. The molecule has 152 valence electrons. The molecule has 0 atom stereocenters. The van der Waals surface area contributed by atoms with E-state index in [-0.39, 0.29) is 29.8 Å². The minimum Gasteiger partial charge on any atom is -0.507 e. The molecule has 1 amide bonds. The monoisotopic (exact) mass is 394 g/mol. The summed E-state index contributed by atoms with van der Waals surface area (Å²) < 4.78 is 0. The van der Waals surface area contributed by atoms with Crippen molar-refractivity contribution in [3.05, 3.63) is 57.9 Å². The number of benzene rings is 1. The number of hydrogen-bond donors (Lipinski definition) is 2. The van der Waals surface area contributed by atoms with Crippen molar-refractivity contribution in [2.75, 3.05) is 20.1 Å². The third-order valence-corrected chi connectivity index (χ3v) is 5.31. The number of fused-ring (bicyclic) bond motifs is 1. The number of carbonyl (C=O) groups is 2. The summed E-state index contributed by atoms with van der Waals surface area (Å²) in [6.07, 6.45) is 0.456. The number of ketones is 1. The van der Waals surface area contributed by atoms with Crippen LogP contribution in [0.4, 0.5) is 0 Å². The van der Waals surface area contributed by atoms with E-state index in [1.165, 1.54) is 6.92 Å². The minimum atomic E-state index is -0.122. The van der Waals surface area contributed by atoms with Crippen molar-refractivity contribution in [1.29, 1.82) is 5.41 Å². The fourth-order valence-corrected chi connectivity index (χ4v) is 3.40. The summed E-state index contributed by atoms with van der Waals surface area (Å²) in [4.78, 5) is 32.0. The number of aromatic hydroxyl groups is 1. The van der Waals surface area contributed by atoms with Crippen molar-refractivity contribution in [3.8, 4) is 5.75 Å². The number of amides is 1. The predicted octanol–water partition coefficient (Wildman–Crippen LogP) is 2.45. The van der Waals surface area contributed by atoms with Gasteiger partial charge < -0.3 is 14.9 Å². The fourth-order valence-electron chi connectivity index (χ4n) is 3.40. The van der Waals surface area contributed by atoms with Gasteiger partial charge in [-0.05, 0) is 49.6 Å². The molecular weight excluding hydrogens is 368 g/mol. The Balaban J connectivity index is 1.76. The number of likely N-dealkylation sites (N-methyl/N-ethyl adjacent to an activating group) is 1. The van der Waals surface area contributed by atoms with Gasteiger partial charge in [0, 0.05) is 43.9 Å². The lowest BCUT2D eigenvalue weighted by Crippen LogP contribution is -2.30. The summed E-state index contributed by atoms with van der Waals surface area (Å²) in [5, 5.41) is 18.7. The average Bonchev–Trinajstić information content (AvgIpc) is 2.97. The zero-order valence-electron chi connectivity index (χ0n) is 17.2. The Morgan fingerprint density at radius 3 is 2.69 bits per heavy atom. The summed E-state index contributed by atoms with van der Waals surface area (Å²) >= 11 is 0. The van der Waals surface area contributed by atoms with E-state index >= 15 is 0 Å². The van der Waals surface area contributed by atoms with Crippen molar-refractivity contribution in [3.63, 3.8) is 0 Å². The maximum absolute atomic E-state index is 12.9. The first-order chi connectivity index (χ1) is 13.7. The van der Waals surface area contributed by atoms with Crippen LogP contribution in [0.1, 0.15) is 45.4 Å². The third-order valence-electron chi connectivity index (χ3n) is 5.31. The number of Topliss-reactive ketones (excluding diaryl/α,β-unsaturated/α-hetero) is 1. The topological polar surface area (TPSA) is 97.6 Å². The second kappa shape index (κ2) is 8.03. The summed E-state index contributed by atoms with van der Waals surface area (Å²) in [6.45, 7) is 6.14. The van der Waals surface area contributed by atoms with Crippen molar-refractivity contribution >= 4 is 17.5 Å². The van der Waals surface area contributed by atoms with Crippen molar-refractivity contribution in [1.82, 2.24) is 14.8 Å². The number of hydrogen-bond acceptors (Lipinski definition) is 5. The summed E-state index contributed by atoms with van der Waals surface area (Å²) in [5.74, 6) is 0.239. The number of aryl methyl sites for hydroxylation is 2. The number of pyridine rings is 1. The van der Waals surface area contributed by atoms with Gasteiger partial charge in [-0.25, -0.2) is 4.98 Å². The van der Waals surface area contributed by atoms with Gasteiger partial charge in [0.15, 0.2) is 5.78 Å². The van der Waals surface area contributed by atoms with E-state index in [0.717, 1.165) is 11.3 Å². The molecule has 0 spiro atoms. The number of nitrogens with one attached hydrogen (secondary N) is 1. The van der Waals surface area contributed by atoms with Gasteiger partial charge in [-0.1, -0.05) is 6.07 Å². The molecule has 0 saturated heterocycles. The Morgan fingerprint density at radius 1 is 1.28 bits per heavy atom. The second-order valence-corrected chi connectivity index (χ2v) is 7.58. The van der Waals surface area contributed by atoms with Crippen LogP contribution in [0.25, 0.3) is 0 Å². The summed E-state index contributed by atoms with van der Waals surface area (Å²) in [5.41, 5.74) is 4.17. The Labute approximate surface area is 170 Å². The Hall–Kier alpha value is -3.22. The van der Waals surface area contributed by atoms with Crippen LogP contribution in [-0.4, -0.2) is 57.6 Å². The molecule has 29 heavy (non-hydrogen) atoms. The molecule has 0 unspecified atom stereocenters. The van der Waals surface area contributed by atoms with Crippen LogP contribution in [0, 0.1) is 19.3 Å². The molecule has 0 fully saturated rings. The number of rotatable bonds is 6. The number of amidine groups is 1. The largest absolute Gasteiger partial charge is 0.507 e. The molecule has 2 aromatic rings. The van der Waals surface area contributed by atoms with E-state index in [0.29, 0.717) is 41.9 Å². The second-order valence-electron chi connectivity index (χ2n) is 7.58. The lowest BCUT2D eigenvalue weighted by atomic mass is 9.99. The molecule has 3 rings (SSSR count). The van der Waals surface area contributed by atoms with E-state index in [1.807, 2.05) is 19.1 Å². The Kier molecular flexibility index (Phi) is 5.68. The third kappa shape index (κ3) is 4.29. The van der Waals surface area contributed by atoms with Gasteiger partial charge in [-0.3, -0.25) is 15.0 Å². The highest BCUT2D eigenvalue weighted by Crippen LogP contribution is 2.26. The van der Waals surface area contributed by atoms with Crippen LogP contribution >= 0.6 is 0 Å². The molecule has 1 aliphatic heterocycles. The highest BCUT2D eigenvalue weighted by molar-refractivity contribution is 6.04. The van der Waals surface area contributed by atoms with E-state index in [2.05, 4.69) is 4.98 Å². The van der Waals surface area contributed by atoms with Crippen LogP contribution in [0.2, 0.25) is 0 Å². The molecule has 1 aromatic carbocycles. The smallest absolute Gasteiger partial charge is 0.219 e. The standard InChI is InChI=1S/C22H26N4O3/c1-13-9-18(10-16(21(13)29)7-8-25(4)15(3)27)19(28)12-26-11-17-6-5-14(2)24-20(17)22(26)23/h5-6,9-10,23,29H,7-8,11-12H2,1-4H3. The van der Waals surface area contributed by atoms with E-state index in [4.69, 9.17) is 5.41 Å². The van der Waals surface area contributed by atoms with Crippen molar-refractivity contribution in [2.24, 2.45) is 0 Å². The van der Waals surface area contributed by atoms with Crippen LogP contribution < -0.4 is 0 Å². The average molecular weight is 394 g/mol. The normalized spacial score (nSPS) is 12.8. The highest BCUT2D eigenvalue weighted by atomic mass is 16.3. The minimum absolute atomic E-state index is 0.0515. The molecule has 1 aromatic heterocycles. The van der Waals surface area contributed by atoms with E-state index in [1.54, 1.807) is 35.9 Å². The fraction of sp³-hybridized carbons (Fsp3) is 0.364. The molecular formula is C22H26N4O3. The molecule has 0 aliphatic carbocycles. The molecule has 7 nitrogen and oxygen atoms in total. The quantitative estimate of drug-likeness (QED) is 0.734. The van der Waals surface area contributed by atoms with Gasteiger partial charge in [0.25, 0.3) is 0 Å². The first-order valence-corrected chi connectivity index (χ1v) is 9.55. The zero-order valence-corrected chi connectivity index (χ0v) is 17.2. The molecule has 2 N–H and O–H groups in total. The molecule has 0 saturated carbocycles. The molecule has 1 aliphatic rings. The van der Waals surface area contributed by atoms with Gasteiger partial charge in [0.1, 0.15) is 17.3 Å². The summed E-state index contributed by atoms with van der Waals surface area (Å²) in [6, 6.07) is 7.22. The van der Waals surface area contributed by atoms with E-state index < -0.39 is 0 Å². The first kappa shape index (κ1) is 20.5. The lowest BCUT2D eigenvalue weighted by molar-refractivity contribution is -0.127. The van der Waals surface area contributed by atoms with Crippen molar-refractivity contribution < 1.29 is 14.7 Å². The van der Waals surface area contributed by atoms with Gasteiger partial charge in [0.05, 0.1) is 6.54 Å². The van der Waals surface area contributed by atoms with Crippen LogP contribution in [0.5, 0.6) is 5.75 Å². The molecule has 7 heteroatoms. The SMILES string of the molecule is CC(=O)N(C)CCc1cc(C(=O)CN2Cc3ccc(C)nc3C2=N)cc(C)c1O. The van der Waals surface area contributed by atoms with Gasteiger partial charge in [0.2, 0.25) is 5.91 Å². The van der Waals surface area contributed by atoms with Gasteiger partial charge in [-0.15, -0.1) is 0 Å². The van der Waals surface area contributed by atoms with E-state index in [9.17, 15) is 14.7 Å². The number of nitrogens with zero attached hydrogens (tertiary/aromatic N) is 3. The van der Waals surface area contributed by atoms with Crippen LogP contribution in [-0.2, 0) is 17.8 Å². The maximum Gasteiger partial charge on any atom is 0.219 e. The van der Waals surface area contributed by atoms with Gasteiger partial charge >= 0.3 is 0 Å². The molecule has 2 heterocycles. The number of phenols is 1. The Morgan fingerprint density at radius 2 is 2.00 bits per heavy atom. The number of aromatic nitrogens is 1. The van der Waals surface area contributed by atoms with Gasteiger partial charge in [-0.2, -0.15) is 0 Å². The number of carbonyl (C=O) groups excluding carboxylic acids is 2.